The lowest BCUT2D eigenvalue weighted by Gasteiger charge is -2.33. The Morgan fingerprint density at radius 1 is 1.29 bits per heavy atom. The van der Waals surface area contributed by atoms with Crippen LogP contribution in [-0.4, -0.2) is 46.8 Å². The molecule has 0 unspecified atom stereocenters. The molecule has 6 heteroatoms. The maximum Gasteiger partial charge on any atom is 0.410 e. The molecule has 0 spiro atoms. The van der Waals surface area contributed by atoms with E-state index in [9.17, 15) is 9.59 Å². The number of piperidine rings is 1. The number of hydrogen-bond donors (Lipinski definition) is 2. The molecule has 24 heavy (non-hydrogen) atoms. The minimum atomic E-state index is -0.914. The van der Waals surface area contributed by atoms with Crippen LogP contribution in [0.25, 0.3) is 0 Å². The quantitative estimate of drug-likeness (QED) is 0.885. The summed E-state index contributed by atoms with van der Waals surface area (Å²) in [6.07, 6.45) is 1.46. The highest BCUT2D eigenvalue weighted by molar-refractivity contribution is 5.87. The maximum atomic E-state index is 12.0. The van der Waals surface area contributed by atoms with Gasteiger partial charge in [0, 0.05) is 25.7 Å². The zero-order chi connectivity index (χ0) is 17.7. The molecule has 2 rings (SSSR count). The van der Waals surface area contributed by atoms with Gasteiger partial charge in [-0.15, -0.1) is 0 Å². The Hall–Kier alpha value is -2.08. The molecule has 2 N–H and O–H groups in total. The number of carbonyl (C=O) groups excluding carboxylic acids is 1. The third-order valence-electron chi connectivity index (χ3n) is 3.92. The first-order valence-corrected chi connectivity index (χ1v) is 8.28. The molecule has 6 nitrogen and oxygen atoms in total. The van der Waals surface area contributed by atoms with Crippen LogP contribution in [0.5, 0.6) is 0 Å². The van der Waals surface area contributed by atoms with Gasteiger partial charge in [0.05, 0.1) is 5.56 Å². The molecule has 1 heterocycles. The summed E-state index contributed by atoms with van der Waals surface area (Å²) in [5.41, 5.74) is 0.778. The molecular formula is C18H26N2O4. The predicted molar refractivity (Wildman–Crippen MR) is 91.1 cm³/mol. The Morgan fingerprint density at radius 3 is 2.54 bits per heavy atom. The van der Waals surface area contributed by atoms with Gasteiger partial charge in [0.2, 0.25) is 0 Å². The van der Waals surface area contributed by atoms with Crippen LogP contribution in [0.1, 0.15) is 49.5 Å². The van der Waals surface area contributed by atoms with Crippen molar-refractivity contribution in [1.82, 2.24) is 10.2 Å². The fraction of sp³-hybridized carbons (Fsp3) is 0.556. The third-order valence-corrected chi connectivity index (χ3v) is 3.92. The van der Waals surface area contributed by atoms with Crippen LogP contribution in [-0.2, 0) is 11.3 Å². The number of nitrogens with one attached hydrogen (secondary N) is 1. The average molecular weight is 334 g/mol. The molecule has 0 aliphatic carbocycles. The lowest BCUT2D eigenvalue weighted by atomic mass is 10.0. The van der Waals surface area contributed by atoms with Crippen LogP contribution in [0.3, 0.4) is 0 Å². The number of nitrogens with zero attached hydrogens (tertiary/aromatic N) is 1. The number of carbonyl (C=O) groups is 2. The second-order valence-corrected chi connectivity index (χ2v) is 7.13. The molecule has 132 valence electrons. The lowest BCUT2D eigenvalue weighted by molar-refractivity contribution is 0.0198. The monoisotopic (exact) mass is 334 g/mol. The van der Waals surface area contributed by atoms with Crippen molar-refractivity contribution in [2.75, 3.05) is 13.1 Å². The molecule has 1 amide bonds. The summed E-state index contributed by atoms with van der Waals surface area (Å²) in [6.45, 7) is 7.56. The van der Waals surface area contributed by atoms with Crippen LogP contribution < -0.4 is 5.32 Å². The third kappa shape index (κ3) is 5.53. The molecule has 1 aliphatic heterocycles. The van der Waals surface area contributed by atoms with Crippen LogP contribution in [0, 0.1) is 0 Å². The standard InChI is InChI=1S/C18H26N2O4/c1-18(2,3)24-17(23)20-9-7-15(8-10-20)19-12-13-5-4-6-14(11-13)16(21)22/h4-6,11,15,19H,7-10,12H2,1-3H3,(H,21,22). The zero-order valence-electron chi connectivity index (χ0n) is 14.5. The summed E-state index contributed by atoms with van der Waals surface area (Å²) in [4.78, 5) is 24.8. The Balaban J connectivity index is 1.78. The van der Waals surface area contributed by atoms with E-state index in [4.69, 9.17) is 9.84 Å². The van der Waals surface area contributed by atoms with Gasteiger partial charge in [-0.2, -0.15) is 0 Å². The van der Waals surface area contributed by atoms with E-state index in [1.165, 1.54) is 0 Å². The number of carboxylic acid groups (broad SMARTS) is 1. The molecule has 0 saturated carbocycles. The Kier molecular flexibility index (Phi) is 5.83. The minimum Gasteiger partial charge on any atom is -0.478 e. The first-order chi connectivity index (χ1) is 11.2. The van der Waals surface area contributed by atoms with E-state index < -0.39 is 11.6 Å². The zero-order valence-corrected chi connectivity index (χ0v) is 14.5. The topological polar surface area (TPSA) is 78.9 Å². The Labute approximate surface area is 142 Å². The van der Waals surface area contributed by atoms with E-state index in [0.717, 1.165) is 18.4 Å². The fourth-order valence-corrected chi connectivity index (χ4v) is 2.67. The minimum absolute atomic E-state index is 0.255. The summed E-state index contributed by atoms with van der Waals surface area (Å²) in [5.74, 6) is -0.914. The maximum absolute atomic E-state index is 12.0. The second kappa shape index (κ2) is 7.66. The first kappa shape index (κ1) is 18.3. The van der Waals surface area contributed by atoms with Crippen molar-refractivity contribution in [1.29, 1.82) is 0 Å². The van der Waals surface area contributed by atoms with Crippen molar-refractivity contribution in [3.05, 3.63) is 35.4 Å². The largest absolute Gasteiger partial charge is 0.478 e. The predicted octanol–water partition coefficient (Wildman–Crippen LogP) is 2.87. The van der Waals surface area contributed by atoms with Crippen molar-refractivity contribution < 1.29 is 19.4 Å². The average Bonchev–Trinajstić information content (AvgIpc) is 2.52. The van der Waals surface area contributed by atoms with Gasteiger partial charge in [-0.1, -0.05) is 12.1 Å². The number of rotatable bonds is 4. The van der Waals surface area contributed by atoms with Crippen LogP contribution >= 0.6 is 0 Å². The number of hydrogen-bond acceptors (Lipinski definition) is 4. The second-order valence-electron chi connectivity index (χ2n) is 7.13. The first-order valence-electron chi connectivity index (χ1n) is 8.28. The van der Waals surface area contributed by atoms with E-state index in [1.807, 2.05) is 26.8 Å². The SMILES string of the molecule is CC(C)(C)OC(=O)N1CCC(NCc2cccc(C(=O)O)c2)CC1. The van der Waals surface area contributed by atoms with Crippen molar-refractivity contribution in [2.45, 2.75) is 51.8 Å². The van der Waals surface area contributed by atoms with Gasteiger partial charge in [0.25, 0.3) is 0 Å². The fourth-order valence-electron chi connectivity index (χ4n) is 2.67. The van der Waals surface area contributed by atoms with E-state index in [1.54, 1.807) is 23.1 Å². The van der Waals surface area contributed by atoms with Gasteiger partial charge >= 0.3 is 12.1 Å². The molecule has 0 aromatic heterocycles. The lowest BCUT2D eigenvalue weighted by Crippen LogP contribution is -2.46. The van der Waals surface area contributed by atoms with E-state index in [-0.39, 0.29) is 6.09 Å². The van der Waals surface area contributed by atoms with Gasteiger partial charge in [-0.3, -0.25) is 0 Å². The Morgan fingerprint density at radius 2 is 1.96 bits per heavy atom. The number of aromatic carboxylic acids is 1. The van der Waals surface area contributed by atoms with E-state index in [2.05, 4.69) is 5.32 Å². The number of likely N-dealkylation sites (tertiary alicyclic amines) is 1. The molecule has 1 fully saturated rings. The van der Waals surface area contributed by atoms with Gasteiger partial charge in [0.15, 0.2) is 0 Å². The molecule has 0 radical (unpaired) electrons. The van der Waals surface area contributed by atoms with Crippen LogP contribution in [0.4, 0.5) is 4.79 Å². The number of ether oxygens (including phenoxy) is 1. The normalized spacial score (nSPS) is 16.0. The number of amides is 1. The highest BCUT2D eigenvalue weighted by Crippen LogP contribution is 2.16. The highest BCUT2D eigenvalue weighted by atomic mass is 16.6. The van der Waals surface area contributed by atoms with Gasteiger partial charge < -0.3 is 20.1 Å². The van der Waals surface area contributed by atoms with Crippen molar-refractivity contribution in [3.63, 3.8) is 0 Å². The molecule has 1 aromatic rings. The summed E-state index contributed by atoms with van der Waals surface area (Å²) < 4.78 is 5.39. The summed E-state index contributed by atoms with van der Waals surface area (Å²) in [6, 6.07) is 7.26. The van der Waals surface area contributed by atoms with Crippen molar-refractivity contribution in [2.24, 2.45) is 0 Å². The summed E-state index contributed by atoms with van der Waals surface area (Å²) in [7, 11) is 0. The highest BCUT2D eigenvalue weighted by Gasteiger charge is 2.26. The van der Waals surface area contributed by atoms with Gasteiger partial charge in [-0.05, 0) is 51.3 Å². The van der Waals surface area contributed by atoms with Crippen molar-refractivity contribution in [3.8, 4) is 0 Å². The van der Waals surface area contributed by atoms with Gasteiger partial charge in [0.1, 0.15) is 5.60 Å². The van der Waals surface area contributed by atoms with Crippen LogP contribution in [0.15, 0.2) is 24.3 Å². The van der Waals surface area contributed by atoms with Crippen molar-refractivity contribution >= 4 is 12.1 Å². The molecule has 0 bridgehead atoms. The van der Waals surface area contributed by atoms with Gasteiger partial charge in [-0.25, -0.2) is 9.59 Å². The number of carboxylic acids is 1. The smallest absolute Gasteiger partial charge is 0.410 e. The molecule has 1 aromatic carbocycles. The Bertz CT molecular complexity index is 587. The molecule has 1 saturated heterocycles. The molecule has 1 aliphatic rings. The van der Waals surface area contributed by atoms with E-state index in [0.29, 0.717) is 31.2 Å². The molecular weight excluding hydrogens is 308 g/mol. The molecule has 0 atom stereocenters. The number of benzene rings is 1. The summed E-state index contributed by atoms with van der Waals surface area (Å²) >= 11 is 0. The van der Waals surface area contributed by atoms with Crippen LogP contribution in [0.2, 0.25) is 0 Å². The summed E-state index contributed by atoms with van der Waals surface area (Å²) in [5, 5.41) is 12.5. The van der Waals surface area contributed by atoms with E-state index >= 15 is 0 Å².